The van der Waals surface area contributed by atoms with E-state index in [-0.39, 0.29) is 35.0 Å². The van der Waals surface area contributed by atoms with Crippen LogP contribution in [0.25, 0.3) is 0 Å². The highest BCUT2D eigenvalue weighted by Gasteiger charge is 2.69. The van der Waals surface area contributed by atoms with Crippen LogP contribution in [0.3, 0.4) is 0 Å². The number of carbonyl (C=O) groups is 3. The van der Waals surface area contributed by atoms with E-state index in [1.54, 1.807) is 4.90 Å². The van der Waals surface area contributed by atoms with Crippen molar-refractivity contribution in [1.29, 1.82) is 5.26 Å². The van der Waals surface area contributed by atoms with E-state index < -0.39 is 23.5 Å². The van der Waals surface area contributed by atoms with Crippen LogP contribution < -0.4 is 10.6 Å². The van der Waals surface area contributed by atoms with Crippen LogP contribution in [0.1, 0.15) is 61.3 Å². The first-order chi connectivity index (χ1) is 13.8. The maximum Gasteiger partial charge on any atom is 0.247 e. The molecule has 1 heterocycles. The number of rotatable bonds is 7. The molecule has 7 nitrogen and oxygen atoms in total. The summed E-state index contributed by atoms with van der Waals surface area (Å²) < 4.78 is 0. The monoisotopic (exact) mass is 416 g/mol. The average Bonchev–Trinajstić information content (AvgIpc) is 3.03. The molecule has 7 heteroatoms. The zero-order valence-corrected chi connectivity index (χ0v) is 19.3. The van der Waals surface area contributed by atoms with Gasteiger partial charge in [0.1, 0.15) is 18.1 Å². The molecule has 2 aliphatic rings. The third kappa shape index (κ3) is 4.38. The Morgan fingerprint density at radius 1 is 1.23 bits per heavy atom. The number of fused-ring (bicyclic) bond motifs is 1. The van der Waals surface area contributed by atoms with Crippen LogP contribution in [0, 0.1) is 34.0 Å². The van der Waals surface area contributed by atoms with Crippen LogP contribution >= 0.6 is 0 Å². The number of nitriles is 1. The summed E-state index contributed by atoms with van der Waals surface area (Å²) in [5.41, 5.74) is -0.149. The van der Waals surface area contributed by atoms with Crippen molar-refractivity contribution >= 4 is 17.7 Å². The van der Waals surface area contributed by atoms with Gasteiger partial charge in [-0.3, -0.25) is 14.4 Å². The predicted molar refractivity (Wildman–Crippen MR) is 115 cm³/mol. The van der Waals surface area contributed by atoms with E-state index in [0.717, 1.165) is 0 Å². The van der Waals surface area contributed by atoms with Crippen LogP contribution in [0.5, 0.6) is 0 Å². The van der Waals surface area contributed by atoms with E-state index in [0.29, 0.717) is 25.0 Å². The molecule has 0 spiro atoms. The summed E-state index contributed by atoms with van der Waals surface area (Å²) in [5, 5.41) is 14.9. The number of nitrogens with zero attached hydrogens (tertiary/aromatic N) is 2. The smallest absolute Gasteiger partial charge is 0.247 e. The van der Waals surface area contributed by atoms with Gasteiger partial charge in [-0.1, -0.05) is 55.0 Å². The Morgan fingerprint density at radius 2 is 1.83 bits per heavy atom. The summed E-state index contributed by atoms with van der Waals surface area (Å²) in [5.74, 6) is -0.590. The Bertz CT molecular complexity index is 774. The zero-order chi connectivity index (χ0) is 23.0. The molecule has 0 radical (unpaired) electrons. The fourth-order valence-corrected chi connectivity index (χ4v) is 4.50. The molecule has 3 amide bonds. The van der Waals surface area contributed by atoms with Gasteiger partial charge < -0.3 is 15.5 Å². The van der Waals surface area contributed by atoms with Crippen molar-refractivity contribution in [2.24, 2.45) is 22.7 Å². The molecule has 1 saturated heterocycles. The number of carbonyl (C=O) groups excluding carboxylic acids is 3. The van der Waals surface area contributed by atoms with Crippen LogP contribution in [0.4, 0.5) is 0 Å². The summed E-state index contributed by atoms with van der Waals surface area (Å²) in [6, 6.07) is 0.103. The Balaban J connectivity index is 2.30. The SMILES string of the molecule is C=C(CC)C(=O)N[C@H](C(=O)N1C[C@H]2[C@@H]([C@H]1C(=O)N[C@H](C#N)CC)C2(C)C)C(C)(C)C. The molecular formula is C23H36N4O3. The fraction of sp³-hybridized carbons (Fsp3) is 0.739. The lowest BCUT2D eigenvalue weighted by Crippen LogP contribution is -2.59. The molecule has 2 rings (SSSR count). The number of amides is 3. The van der Waals surface area contributed by atoms with E-state index in [9.17, 15) is 19.6 Å². The van der Waals surface area contributed by atoms with E-state index in [4.69, 9.17) is 0 Å². The minimum absolute atomic E-state index is 0.0237. The number of nitrogens with one attached hydrogen (secondary N) is 2. The summed E-state index contributed by atoms with van der Waals surface area (Å²) in [4.78, 5) is 40.8. The third-order valence-corrected chi connectivity index (χ3v) is 6.78. The molecule has 2 N–H and O–H groups in total. The summed E-state index contributed by atoms with van der Waals surface area (Å²) >= 11 is 0. The molecule has 2 fully saturated rings. The van der Waals surface area contributed by atoms with Gasteiger partial charge in [0.15, 0.2) is 0 Å². The minimum Gasteiger partial charge on any atom is -0.340 e. The third-order valence-electron chi connectivity index (χ3n) is 6.78. The van der Waals surface area contributed by atoms with Crippen molar-refractivity contribution in [3.8, 4) is 6.07 Å². The van der Waals surface area contributed by atoms with Crippen molar-refractivity contribution in [3.05, 3.63) is 12.2 Å². The molecule has 166 valence electrons. The van der Waals surface area contributed by atoms with E-state index in [1.165, 1.54) is 0 Å². The Kier molecular flexibility index (Phi) is 6.70. The highest BCUT2D eigenvalue weighted by Crippen LogP contribution is 2.65. The minimum atomic E-state index is -0.776. The van der Waals surface area contributed by atoms with Gasteiger partial charge in [0.2, 0.25) is 17.7 Å². The molecule has 1 saturated carbocycles. The molecule has 5 atom stereocenters. The lowest BCUT2D eigenvalue weighted by atomic mass is 9.85. The quantitative estimate of drug-likeness (QED) is 0.622. The maximum atomic E-state index is 13.6. The standard InChI is InChI=1S/C23H36N4O3/c1-9-13(3)19(28)26-18(22(4,5)6)21(30)27-12-15-16(23(15,7)8)17(27)20(29)25-14(10-2)11-24/h14-18H,3,9-10,12H2,1-2,4-8H3,(H,25,29)(H,26,28)/t14-,15-,16-,17-,18+/m0/s1. The normalized spacial score (nSPS) is 26.1. The van der Waals surface area contributed by atoms with Crippen molar-refractivity contribution in [2.75, 3.05) is 6.54 Å². The van der Waals surface area contributed by atoms with Crippen LogP contribution in [0.2, 0.25) is 0 Å². The number of piperidine rings is 1. The summed E-state index contributed by atoms with van der Waals surface area (Å²) in [6.45, 7) is 17.8. The lowest BCUT2D eigenvalue weighted by molar-refractivity contribution is -0.145. The van der Waals surface area contributed by atoms with Crippen molar-refractivity contribution < 1.29 is 14.4 Å². The topological polar surface area (TPSA) is 102 Å². The molecule has 0 bridgehead atoms. The van der Waals surface area contributed by atoms with Gasteiger partial charge in [0, 0.05) is 12.1 Å². The average molecular weight is 417 g/mol. The molecule has 0 aromatic heterocycles. The molecular weight excluding hydrogens is 380 g/mol. The molecule has 0 aromatic carbocycles. The highest BCUT2D eigenvalue weighted by molar-refractivity contribution is 5.98. The first-order valence-corrected chi connectivity index (χ1v) is 10.8. The van der Waals surface area contributed by atoms with Crippen molar-refractivity contribution in [1.82, 2.24) is 15.5 Å². The summed E-state index contributed by atoms with van der Waals surface area (Å²) in [7, 11) is 0. The molecule has 0 aromatic rings. The second-order valence-corrected chi connectivity index (χ2v) is 10.2. The Morgan fingerprint density at radius 3 is 2.30 bits per heavy atom. The molecule has 0 unspecified atom stereocenters. The first kappa shape index (κ1) is 23.9. The second-order valence-electron chi connectivity index (χ2n) is 10.2. The lowest BCUT2D eigenvalue weighted by Gasteiger charge is -2.37. The van der Waals surface area contributed by atoms with E-state index in [2.05, 4.69) is 37.1 Å². The van der Waals surface area contributed by atoms with E-state index in [1.807, 2.05) is 34.6 Å². The fourth-order valence-electron chi connectivity index (χ4n) is 4.50. The van der Waals surface area contributed by atoms with Crippen molar-refractivity contribution in [3.63, 3.8) is 0 Å². The zero-order valence-electron chi connectivity index (χ0n) is 19.3. The number of hydrogen-bond acceptors (Lipinski definition) is 4. The van der Waals surface area contributed by atoms with Gasteiger partial charge in [-0.25, -0.2) is 0 Å². The molecule has 30 heavy (non-hydrogen) atoms. The Labute approximate surface area is 180 Å². The van der Waals surface area contributed by atoms with Crippen LogP contribution in [-0.4, -0.2) is 47.3 Å². The Hall–Kier alpha value is -2.36. The van der Waals surface area contributed by atoms with Gasteiger partial charge in [0.05, 0.1) is 6.07 Å². The van der Waals surface area contributed by atoms with Crippen LogP contribution in [-0.2, 0) is 14.4 Å². The van der Waals surface area contributed by atoms with Gasteiger partial charge in [-0.15, -0.1) is 0 Å². The second kappa shape index (κ2) is 8.41. The van der Waals surface area contributed by atoms with Gasteiger partial charge in [-0.05, 0) is 35.5 Å². The first-order valence-electron chi connectivity index (χ1n) is 10.8. The van der Waals surface area contributed by atoms with Gasteiger partial charge >= 0.3 is 0 Å². The molecule has 1 aliphatic heterocycles. The van der Waals surface area contributed by atoms with Gasteiger partial charge in [-0.2, -0.15) is 5.26 Å². The van der Waals surface area contributed by atoms with Crippen LogP contribution in [0.15, 0.2) is 12.2 Å². The highest BCUT2D eigenvalue weighted by atomic mass is 16.2. The number of hydrogen-bond donors (Lipinski definition) is 2. The summed E-state index contributed by atoms with van der Waals surface area (Å²) in [6.07, 6.45) is 0.997. The predicted octanol–water partition coefficient (Wildman–Crippen LogP) is 2.38. The largest absolute Gasteiger partial charge is 0.340 e. The molecule has 1 aliphatic carbocycles. The van der Waals surface area contributed by atoms with Crippen molar-refractivity contribution in [2.45, 2.75) is 79.4 Å². The number of likely N-dealkylation sites (tertiary alicyclic amines) is 1. The van der Waals surface area contributed by atoms with E-state index >= 15 is 0 Å². The van der Waals surface area contributed by atoms with Gasteiger partial charge in [0.25, 0.3) is 0 Å². The maximum absolute atomic E-state index is 13.6.